The Morgan fingerprint density at radius 3 is 0.860 bits per heavy atom. The van der Waals surface area contributed by atoms with Crippen LogP contribution in [0, 0.1) is 9.88 Å². The first kappa shape index (κ1) is 44.2. The van der Waals surface area contributed by atoms with Gasteiger partial charge in [-0.1, -0.05) is 155 Å². The summed E-state index contributed by atoms with van der Waals surface area (Å²) in [6.07, 6.45) is 6.57. The van der Waals surface area contributed by atoms with Gasteiger partial charge in [-0.25, -0.2) is 0 Å². The number of benzene rings is 2. The van der Waals surface area contributed by atoms with Crippen molar-refractivity contribution in [2.45, 2.75) is 189 Å². The molecular formula is C45H70Cl2P2Pd+2. The molecule has 1 aliphatic rings. The molecular weight excluding hydrogens is 780 g/mol. The van der Waals surface area contributed by atoms with Crippen LogP contribution in [0.2, 0.25) is 0 Å². The van der Waals surface area contributed by atoms with Gasteiger partial charge in [0.15, 0.2) is 20.5 Å². The van der Waals surface area contributed by atoms with E-state index in [9.17, 15) is 0 Å². The van der Waals surface area contributed by atoms with Crippen molar-refractivity contribution in [1.82, 2.24) is 0 Å². The number of fused-ring (bicyclic) bond motifs is 1. The third-order valence-electron chi connectivity index (χ3n) is 10.3. The molecule has 0 saturated heterocycles. The van der Waals surface area contributed by atoms with Crippen LogP contribution in [0.3, 0.4) is 0 Å². The van der Waals surface area contributed by atoms with E-state index >= 15 is 0 Å². The summed E-state index contributed by atoms with van der Waals surface area (Å²) in [4.78, 5) is 3.44. The van der Waals surface area contributed by atoms with Gasteiger partial charge in [0.1, 0.15) is 16.4 Å². The Morgan fingerprint density at radius 2 is 0.660 bits per heavy atom. The minimum absolute atomic E-state index is 0.0820. The first-order chi connectivity index (χ1) is 22.5. The third kappa shape index (κ3) is 10.5. The van der Waals surface area contributed by atoms with Gasteiger partial charge in [0.25, 0.3) is 0 Å². The van der Waals surface area contributed by atoms with E-state index in [0.29, 0.717) is 16.4 Å². The fourth-order valence-corrected chi connectivity index (χ4v) is 11.8. The van der Waals surface area contributed by atoms with Crippen LogP contribution in [0.15, 0.2) is 24.3 Å². The zero-order chi connectivity index (χ0) is 38.4. The van der Waals surface area contributed by atoms with Gasteiger partial charge in [0, 0.05) is 33.4 Å². The molecule has 0 amide bonds. The molecule has 0 nitrogen and oxygen atoms in total. The predicted octanol–water partition coefficient (Wildman–Crippen LogP) is 14.1. The van der Waals surface area contributed by atoms with Gasteiger partial charge in [-0.05, 0) is 69.3 Å². The summed E-state index contributed by atoms with van der Waals surface area (Å²) in [5.41, 5.74) is 13.2. The second-order valence-corrected chi connectivity index (χ2v) is 25.8. The molecule has 0 heterocycles. The molecule has 3 aromatic rings. The van der Waals surface area contributed by atoms with E-state index in [4.69, 9.17) is 19.1 Å². The second-order valence-electron chi connectivity index (χ2n) is 21.0. The summed E-state index contributed by atoms with van der Waals surface area (Å²) >= 11 is -0.106. The summed E-state index contributed by atoms with van der Waals surface area (Å²) in [6.45, 7) is 43.5. The SMILES string of the molecule is CC(C)(C)c1cc(C(C)(C)C)c([PH+]=c2c3c(c2=[PH+]c2c(C(C)(C)C)cc(C(C)(C)C)cc2C(C)(C)C)CCCCC3)c(C(C)(C)C)c1.[Cl][Pd][Cl]. The summed E-state index contributed by atoms with van der Waals surface area (Å²) in [5.74, 6) is 0. The van der Waals surface area contributed by atoms with Crippen LogP contribution in [-0.2, 0) is 61.3 Å². The Hall–Kier alpha value is -0.238. The number of hydrogen-bond donors (Lipinski definition) is 0. The number of rotatable bonds is 2. The minimum atomic E-state index is -0.106. The molecule has 4 rings (SSSR count). The summed E-state index contributed by atoms with van der Waals surface area (Å²) in [7, 11) is 11.1. The molecule has 2 unspecified atom stereocenters. The van der Waals surface area contributed by atoms with Crippen LogP contribution in [0.5, 0.6) is 0 Å². The Labute approximate surface area is 327 Å². The van der Waals surface area contributed by atoms with Crippen LogP contribution in [-0.4, -0.2) is 0 Å². The average molecular weight is 850 g/mol. The monoisotopic (exact) mass is 848 g/mol. The van der Waals surface area contributed by atoms with Gasteiger partial charge in [0.05, 0.1) is 0 Å². The molecule has 0 saturated carbocycles. The van der Waals surface area contributed by atoms with Gasteiger partial charge in [-0.3, -0.25) is 0 Å². The maximum atomic E-state index is 4.81. The Morgan fingerprint density at radius 1 is 0.420 bits per heavy atom. The number of halogens is 2. The van der Waals surface area contributed by atoms with Crippen molar-refractivity contribution >= 4 is 46.1 Å². The molecule has 3 aromatic carbocycles. The average Bonchev–Trinajstić information content (AvgIpc) is 3.14. The standard InChI is InChI=1S/C45H68P2.2ClH.Pd/c1-40(2,3)28-24-32(42(7,8)9)38(33(25-28)43(10,11)12)46-36-30-22-20-19-21-23-31(30)37(36)47-39-34(44(13,14)15)26-29(41(4,5)6)27-35(39)45(16,17)18;;;/h24-27H,19-23H2,1-18H3;2*1H;/q;;;+2. The van der Waals surface area contributed by atoms with Crippen LogP contribution in [0.1, 0.15) is 188 Å². The molecule has 0 spiro atoms. The van der Waals surface area contributed by atoms with E-state index in [1.54, 1.807) is 53.9 Å². The molecule has 0 N–H and O–H groups in total. The molecule has 0 fully saturated rings. The fraction of sp³-hybridized carbons (Fsp3) is 0.644. The molecule has 1 aliphatic carbocycles. The first-order valence-corrected chi connectivity index (χ1v) is 24.8. The fourth-order valence-electron chi connectivity index (χ4n) is 7.18. The Kier molecular flexibility index (Phi) is 14.0. The quantitative estimate of drug-likeness (QED) is 0.137. The van der Waals surface area contributed by atoms with Gasteiger partial charge in [-0.15, -0.1) is 0 Å². The van der Waals surface area contributed by atoms with Crippen LogP contribution < -0.4 is 10.6 Å². The van der Waals surface area contributed by atoms with Gasteiger partial charge >= 0.3 is 35.0 Å². The van der Waals surface area contributed by atoms with E-state index in [-0.39, 0.29) is 48.4 Å². The van der Waals surface area contributed by atoms with Crippen molar-refractivity contribution in [3.05, 3.63) is 78.7 Å². The second kappa shape index (κ2) is 15.9. The van der Waals surface area contributed by atoms with Gasteiger partial charge < -0.3 is 0 Å². The van der Waals surface area contributed by atoms with Crippen molar-refractivity contribution in [2.75, 3.05) is 0 Å². The molecule has 282 valence electrons. The zero-order valence-corrected chi connectivity index (χ0v) is 40.0. The van der Waals surface area contributed by atoms with Crippen molar-refractivity contribution in [1.29, 1.82) is 0 Å². The van der Waals surface area contributed by atoms with E-state index in [1.165, 1.54) is 43.2 Å². The van der Waals surface area contributed by atoms with Crippen LogP contribution >= 0.6 is 35.5 Å². The summed E-state index contributed by atoms with van der Waals surface area (Å²) in [5, 5.41) is 3.25. The van der Waals surface area contributed by atoms with E-state index < -0.39 is 0 Å². The van der Waals surface area contributed by atoms with Crippen LogP contribution in [0.25, 0.3) is 0 Å². The zero-order valence-electron chi connectivity index (χ0n) is 34.9. The Bertz CT molecular complexity index is 1560. The molecule has 50 heavy (non-hydrogen) atoms. The van der Waals surface area contributed by atoms with Crippen molar-refractivity contribution in [3.8, 4) is 0 Å². The van der Waals surface area contributed by atoms with Crippen molar-refractivity contribution in [2.24, 2.45) is 0 Å². The van der Waals surface area contributed by atoms with E-state index in [1.807, 2.05) is 0 Å². The van der Waals surface area contributed by atoms with Crippen LogP contribution in [0.4, 0.5) is 0 Å². The predicted molar refractivity (Wildman–Crippen MR) is 229 cm³/mol. The summed E-state index contributed by atoms with van der Waals surface area (Å²) in [6, 6.07) is 10.3. The summed E-state index contributed by atoms with van der Waals surface area (Å²) < 4.78 is 0. The van der Waals surface area contributed by atoms with Gasteiger partial charge in [-0.2, -0.15) is 0 Å². The molecule has 0 aliphatic heterocycles. The maximum absolute atomic E-state index is 4.81. The van der Waals surface area contributed by atoms with E-state index in [0.717, 1.165) is 0 Å². The molecule has 0 bridgehead atoms. The van der Waals surface area contributed by atoms with Crippen molar-refractivity contribution in [3.63, 3.8) is 0 Å². The normalized spacial score (nSPS) is 16.0. The van der Waals surface area contributed by atoms with E-state index in [2.05, 4.69) is 149 Å². The molecule has 0 aromatic heterocycles. The molecule has 0 radical (unpaired) electrons. The van der Waals surface area contributed by atoms with Gasteiger partial charge in [0.2, 0.25) is 0 Å². The Balaban J connectivity index is 0.00000217. The molecule has 5 heteroatoms. The van der Waals surface area contributed by atoms with Crippen molar-refractivity contribution < 1.29 is 15.9 Å². The number of hydrogen-bond acceptors (Lipinski definition) is 0. The third-order valence-corrected chi connectivity index (χ3v) is 13.7. The topological polar surface area (TPSA) is 0 Å². The first-order valence-electron chi connectivity index (χ1n) is 18.8. The molecule has 2 atom stereocenters.